The average molecular weight is 217 g/mol. The zero-order chi connectivity index (χ0) is 10.8. The molecule has 1 rings (SSSR count). The first-order chi connectivity index (χ1) is 6.45. The van der Waals surface area contributed by atoms with Crippen molar-refractivity contribution in [1.29, 1.82) is 0 Å². The van der Waals surface area contributed by atoms with Gasteiger partial charge >= 0.3 is 5.97 Å². The van der Waals surface area contributed by atoms with Crippen LogP contribution in [-0.2, 0) is 11.2 Å². The number of ether oxygens (including phenoxy) is 1. The van der Waals surface area contributed by atoms with E-state index >= 15 is 0 Å². The van der Waals surface area contributed by atoms with Crippen molar-refractivity contribution in [2.45, 2.75) is 18.9 Å². The predicted molar refractivity (Wildman–Crippen MR) is 50.6 cm³/mol. The molecule has 6 heteroatoms. The molecule has 0 aliphatic carbocycles. The second-order valence-electron chi connectivity index (χ2n) is 3.05. The van der Waals surface area contributed by atoms with Gasteiger partial charge in [-0.05, 0) is 6.92 Å². The first-order valence-electron chi connectivity index (χ1n) is 3.90. The Balaban J connectivity index is 2.73. The minimum atomic E-state index is -1.75. The lowest BCUT2D eigenvalue weighted by atomic mass is 10.0. The Hall–Kier alpha value is -1.14. The molecule has 0 saturated heterocycles. The standard InChI is InChI=1S/C8H11NO4S/c1-8(12,6(10)11)3-5-4-9-7(13-2)14-5/h4,12H,3H2,1-2H3,(H,10,11). The van der Waals surface area contributed by atoms with Gasteiger partial charge in [0.2, 0.25) is 0 Å². The summed E-state index contributed by atoms with van der Waals surface area (Å²) in [5.41, 5.74) is -1.75. The fourth-order valence-electron chi connectivity index (χ4n) is 0.881. The number of methoxy groups -OCH3 is 1. The molecule has 1 unspecified atom stereocenters. The fraction of sp³-hybridized carbons (Fsp3) is 0.500. The highest BCUT2D eigenvalue weighted by Crippen LogP contribution is 2.24. The second kappa shape index (κ2) is 3.93. The number of carbonyl (C=O) groups is 1. The maximum atomic E-state index is 10.6. The molecule has 78 valence electrons. The molecule has 1 heterocycles. The molecule has 0 saturated carbocycles. The van der Waals surface area contributed by atoms with Gasteiger partial charge in [0.15, 0.2) is 5.60 Å². The van der Waals surface area contributed by atoms with Crippen LogP contribution in [0.5, 0.6) is 5.19 Å². The first kappa shape index (κ1) is 10.9. The van der Waals surface area contributed by atoms with Crippen molar-refractivity contribution in [2.24, 2.45) is 0 Å². The summed E-state index contributed by atoms with van der Waals surface area (Å²) in [6, 6.07) is 0. The van der Waals surface area contributed by atoms with E-state index in [0.29, 0.717) is 10.1 Å². The van der Waals surface area contributed by atoms with Crippen LogP contribution in [0.2, 0.25) is 0 Å². The van der Waals surface area contributed by atoms with Gasteiger partial charge in [-0.1, -0.05) is 11.3 Å². The molecular weight excluding hydrogens is 206 g/mol. The fourth-order valence-corrected chi connectivity index (χ4v) is 1.75. The second-order valence-corrected chi connectivity index (χ2v) is 4.13. The lowest BCUT2D eigenvalue weighted by Crippen LogP contribution is -2.36. The largest absolute Gasteiger partial charge is 0.479 e. The summed E-state index contributed by atoms with van der Waals surface area (Å²) < 4.78 is 4.85. The van der Waals surface area contributed by atoms with Gasteiger partial charge in [0.1, 0.15) is 0 Å². The Bertz CT molecular complexity index is 334. The van der Waals surface area contributed by atoms with E-state index in [2.05, 4.69) is 4.98 Å². The molecular formula is C8H11NO4S. The summed E-state index contributed by atoms with van der Waals surface area (Å²) in [6.07, 6.45) is 1.53. The van der Waals surface area contributed by atoms with Crippen molar-refractivity contribution in [3.05, 3.63) is 11.1 Å². The quantitative estimate of drug-likeness (QED) is 0.769. The summed E-state index contributed by atoms with van der Waals surface area (Å²) >= 11 is 1.22. The topological polar surface area (TPSA) is 79.7 Å². The highest BCUT2D eigenvalue weighted by Gasteiger charge is 2.30. The van der Waals surface area contributed by atoms with Gasteiger partial charge in [0.25, 0.3) is 5.19 Å². The first-order valence-corrected chi connectivity index (χ1v) is 4.72. The van der Waals surface area contributed by atoms with E-state index in [1.165, 1.54) is 31.6 Å². The van der Waals surface area contributed by atoms with Crippen LogP contribution in [0.1, 0.15) is 11.8 Å². The van der Waals surface area contributed by atoms with Crippen LogP contribution in [0.4, 0.5) is 0 Å². The van der Waals surface area contributed by atoms with E-state index in [-0.39, 0.29) is 6.42 Å². The van der Waals surface area contributed by atoms with Crippen LogP contribution >= 0.6 is 11.3 Å². The molecule has 0 amide bonds. The maximum absolute atomic E-state index is 10.6. The molecule has 2 N–H and O–H groups in total. The van der Waals surface area contributed by atoms with E-state index in [1.807, 2.05) is 0 Å². The van der Waals surface area contributed by atoms with Gasteiger partial charge in [0, 0.05) is 17.5 Å². The minimum absolute atomic E-state index is 0.0311. The number of nitrogens with zero attached hydrogens (tertiary/aromatic N) is 1. The molecule has 0 spiro atoms. The Labute approximate surface area is 85.0 Å². The summed E-state index contributed by atoms with van der Waals surface area (Å²) in [6.45, 7) is 1.25. The Kier molecular flexibility index (Phi) is 3.07. The molecule has 5 nitrogen and oxygen atoms in total. The number of rotatable bonds is 4. The maximum Gasteiger partial charge on any atom is 0.335 e. The zero-order valence-corrected chi connectivity index (χ0v) is 8.67. The molecule has 0 fully saturated rings. The van der Waals surface area contributed by atoms with Crippen LogP contribution in [0.3, 0.4) is 0 Å². The SMILES string of the molecule is COc1ncc(CC(C)(O)C(=O)O)s1. The van der Waals surface area contributed by atoms with E-state index in [4.69, 9.17) is 9.84 Å². The third-order valence-electron chi connectivity index (χ3n) is 1.69. The van der Waals surface area contributed by atoms with E-state index in [0.717, 1.165) is 0 Å². The number of hydrogen-bond acceptors (Lipinski definition) is 5. The van der Waals surface area contributed by atoms with Crippen LogP contribution < -0.4 is 4.74 Å². The lowest BCUT2D eigenvalue weighted by molar-refractivity contribution is -0.156. The van der Waals surface area contributed by atoms with Crippen molar-refractivity contribution >= 4 is 17.3 Å². The molecule has 0 aliphatic heterocycles. The Morgan fingerprint density at radius 1 is 1.79 bits per heavy atom. The number of thiazole rings is 1. The monoisotopic (exact) mass is 217 g/mol. The van der Waals surface area contributed by atoms with Gasteiger partial charge in [-0.15, -0.1) is 0 Å². The predicted octanol–water partition coefficient (Wildman–Crippen LogP) is 0.530. The van der Waals surface area contributed by atoms with Crippen molar-refractivity contribution < 1.29 is 19.7 Å². The molecule has 0 radical (unpaired) electrons. The van der Waals surface area contributed by atoms with Crippen LogP contribution in [0, 0.1) is 0 Å². The van der Waals surface area contributed by atoms with Gasteiger partial charge in [0.05, 0.1) is 7.11 Å². The summed E-state index contributed by atoms with van der Waals surface area (Å²) in [7, 11) is 1.48. The third kappa shape index (κ3) is 2.43. The third-order valence-corrected chi connectivity index (χ3v) is 2.64. The lowest BCUT2D eigenvalue weighted by Gasteiger charge is -2.15. The summed E-state index contributed by atoms with van der Waals surface area (Å²) in [5.74, 6) is -1.25. The normalized spacial score (nSPS) is 14.8. The molecule has 14 heavy (non-hydrogen) atoms. The molecule has 0 aliphatic rings. The minimum Gasteiger partial charge on any atom is -0.479 e. The van der Waals surface area contributed by atoms with Crippen molar-refractivity contribution in [1.82, 2.24) is 4.98 Å². The van der Waals surface area contributed by atoms with Crippen LogP contribution in [-0.4, -0.2) is 33.9 Å². The van der Waals surface area contributed by atoms with Crippen molar-refractivity contribution in [3.63, 3.8) is 0 Å². The Morgan fingerprint density at radius 3 is 2.86 bits per heavy atom. The number of aliphatic hydroxyl groups is 1. The average Bonchev–Trinajstić information content (AvgIpc) is 2.51. The summed E-state index contributed by atoms with van der Waals surface area (Å²) in [4.78, 5) is 15.2. The number of aliphatic carboxylic acids is 1. The van der Waals surface area contributed by atoms with Crippen molar-refractivity contribution in [2.75, 3.05) is 7.11 Å². The molecule has 0 bridgehead atoms. The smallest absolute Gasteiger partial charge is 0.335 e. The number of aromatic nitrogens is 1. The van der Waals surface area contributed by atoms with Gasteiger partial charge < -0.3 is 14.9 Å². The molecule has 1 aromatic heterocycles. The van der Waals surface area contributed by atoms with Crippen LogP contribution in [0.25, 0.3) is 0 Å². The van der Waals surface area contributed by atoms with Crippen LogP contribution in [0.15, 0.2) is 6.20 Å². The van der Waals surface area contributed by atoms with Gasteiger partial charge in [-0.2, -0.15) is 0 Å². The highest BCUT2D eigenvalue weighted by atomic mass is 32.1. The number of hydrogen-bond donors (Lipinski definition) is 2. The number of carboxylic acid groups (broad SMARTS) is 1. The number of carboxylic acids is 1. The zero-order valence-electron chi connectivity index (χ0n) is 7.85. The van der Waals surface area contributed by atoms with E-state index in [1.54, 1.807) is 0 Å². The summed E-state index contributed by atoms with van der Waals surface area (Å²) in [5, 5.41) is 18.6. The molecule has 1 atom stereocenters. The van der Waals surface area contributed by atoms with Gasteiger partial charge in [-0.25, -0.2) is 9.78 Å². The van der Waals surface area contributed by atoms with E-state index < -0.39 is 11.6 Å². The molecule has 1 aromatic rings. The van der Waals surface area contributed by atoms with Gasteiger partial charge in [-0.3, -0.25) is 0 Å². The van der Waals surface area contributed by atoms with Crippen molar-refractivity contribution in [3.8, 4) is 5.19 Å². The molecule has 0 aromatic carbocycles. The Morgan fingerprint density at radius 2 is 2.43 bits per heavy atom. The van der Waals surface area contributed by atoms with E-state index in [9.17, 15) is 9.90 Å². The highest BCUT2D eigenvalue weighted by molar-refractivity contribution is 7.13.